The van der Waals surface area contributed by atoms with Crippen molar-refractivity contribution in [2.75, 3.05) is 12.0 Å². The standard InChI is InChI=1S/C28H43N5O5S/c1-6-17(4)24(29)27(36)33-22(13-16(2)3)25(34)32-23(26(35)31-21(28(37)38)11-12-39-5)14-18-15-30-20-10-8-7-9-19(18)20/h7-10,15-17,21-24,30H,6,11-14,29H2,1-5H3,(H,31,35)(H,32,34)(H,33,36)(H,37,38). The van der Waals surface area contributed by atoms with Crippen LogP contribution >= 0.6 is 11.8 Å². The van der Waals surface area contributed by atoms with Crippen molar-refractivity contribution in [1.29, 1.82) is 0 Å². The number of hydrogen-bond donors (Lipinski definition) is 6. The minimum absolute atomic E-state index is 0.0672. The fourth-order valence-electron chi connectivity index (χ4n) is 4.25. The number of rotatable bonds is 16. The van der Waals surface area contributed by atoms with Gasteiger partial charge < -0.3 is 31.8 Å². The molecule has 1 heterocycles. The first-order valence-electron chi connectivity index (χ1n) is 13.4. The Kier molecular flexibility index (Phi) is 12.8. The molecule has 0 aliphatic carbocycles. The maximum absolute atomic E-state index is 13.5. The second kappa shape index (κ2) is 15.5. The van der Waals surface area contributed by atoms with Crippen LogP contribution in [0.1, 0.15) is 52.5 Å². The lowest BCUT2D eigenvalue weighted by molar-refractivity contribution is -0.142. The van der Waals surface area contributed by atoms with Crippen LogP contribution in [0.25, 0.3) is 10.9 Å². The molecule has 0 radical (unpaired) electrons. The van der Waals surface area contributed by atoms with Crippen LogP contribution in [0.4, 0.5) is 0 Å². The summed E-state index contributed by atoms with van der Waals surface area (Å²) in [5, 5.41) is 18.7. The largest absolute Gasteiger partial charge is 0.480 e. The SMILES string of the molecule is CCC(C)C(N)C(=O)NC(CC(C)C)C(=O)NC(Cc1c[nH]c2ccccc12)C(=O)NC(CCSC)C(=O)O. The average Bonchev–Trinajstić information content (AvgIpc) is 3.31. The number of aromatic amines is 1. The van der Waals surface area contributed by atoms with E-state index in [9.17, 15) is 24.3 Å². The second-order valence-electron chi connectivity index (χ2n) is 10.4. The monoisotopic (exact) mass is 561 g/mol. The lowest BCUT2D eigenvalue weighted by Gasteiger charge is -2.27. The third-order valence-corrected chi connectivity index (χ3v) is 7.50. The number of carbonyl (C=O) groups excluding carboxylic acids is 3. The summed E-state index contributed by atoms with van der Waals surface area (Å²) in [6.45, 7) is 7.67. The number of carboxylic acid groups (broad SMARTS) is 1. The Morgan fingerprint density at radius 1 is 0.974 bits per heavy atom. The number of aliphatic carboxylic acids is 1. The van der Waals surface area contributed by atoms with E-state index in [4.69, 9.17) is 5.73 Å². The number of hydrogen-bond acceptors (Lipinski definition) is 6. The van der Waals surface area contributed by atoms with Gasteiger partial charge in [-0.25, -0.2) is 4.79 Å². The number of nitrogens with one attached hydrogen (secondary N) is 4. The molecule has 0 aliphatic rings. The van der Waals surface area contributed by atoms with E-state index in [0.717, 1.165) is 16.5 Å². The molecule has 7 N–H and O–H groups in total. The van der Waals surface area contributed by atoms with E-state index in [1.165, 1.54) is 11.8 Å². The predicted molar refractivity (Wildman–Crippen MR) is 155 cm³/mol. The Morgan fingerprint density at radius 3 is 2.21 bits per heavy atom. The molecule has 10 nitrogen and oxygen atoms in total. The van der Waals surface area contributed by atoms with Gasteiger partial charge in [-0.1, -0.05) is 52.3 Å². The Hall–Kier alpha value is -3.05. The topological polar surface area (TPSA) is 166 Å². The van der Waals surface area contributed by atoms with Crippen LogP contribution in [0.5, 0.6) is 0 Å². The summed E-state index contributed by atoms with van der Waals surface area (Å²) < 4.78 is 0. The molecule has 3 amide bonds. The van der Waals surface area contributed by atoms with Crippen molar-refractivity contribution < 1.29 is 24.3 Å². The third kappa shape index (κ3) is 9.58. The summed E-state index contributed by atoms with van der Waals surface area (Å²) in [4.78, 5) is 54.7. The highest BCUT2D eigenvalue weighted by Gasteiger charge is 2.32. The summed E-state index contributed by atoms with van der Waals surface area (Å²) in [5.41, 5.74) is 7.77. The van der Waals surface area contributed by atoms with Gasteiger partial charge in [-0.3, -0.25) is 14.4 Å². The van der Waals surface area contributed by atoms with Crippen molar-refractivity contribution in [2.24, 2.45) is 17.6 Å². The Morgan fingerprint density at radius 2 is 1.59 bits per heavy atom. The minimum Gasteiger partial charge on any atom is -0.480 e. The average molecular weight is 562 g/mol. The molecular formula is C28H43N5O5S. The van der Waals surface area contributed by atoms with E-state index in [2.05, 4.69) is 20.9 Å². The van der Waals surface area contributed by atoms with E-state index in [0.29, 0.717) is 18.6 Å². The number of carbonyl (C=O) groups is 4. The van der Waals surface area contributed by atoms with Crippen molar-refractivity contribution >= 4 is 46.4 Å². The minimum atomic E-state index is -1.14. The van der Waals surface area contributed by atoms with E-state index < -0.39 is 47.9 Å². The molecule has 0 fully saturated rings. The molecule has 1 aromatic carbocycles. The van der Waals surface area contributed by atoms with E-state index >= 15 is 0 Å². The third-order valence-electron chi connectivity index (χ3n) is 6.86. The van der Waals surface area contributed by atoms with E-state index in [-0.39, 0.29) is 24.7 Å². The highest BCUT2D eigenvalue weighted by molar-refractivity contribution is 7.98. The van der Waals surface area contributed by atoms with Crippen LogP contribution in [-0.2, 0) is 25.6 Å². The van der Waals surface area contributed by atoms with Gasteiger partial charge >= 0.3 is 5.97 Å². The van der Waals surface area contributed by atoms with Crippen molar-refractivity contribution in [3.8, 4) is 0 Å². The number of para-hydroxylation sites is 1. The number of H-pyrrole nitrogens is 1. The zero-order valence-corrected chi connectivity index (χ0v) is 24.3. The molecular weight excluding hydrogens is 518 g/mol. The van der Waals surface area contributed by atoms with Crippen molar-refractivity contribution in [2.45, 2.75) is 77.5 Å². The maximum Gasteiger partial charge on any atom is 0.326 e. The molecule has 5 unspecified atom stereocenters. The van der Waals surface area contributed by atoms with Crippen LogP contribution in [0.15, 0.2) is 30.5 Å². The van der Waals surface area contributed by atoms with Gasteiger partial charge in [0.1, 0.15) is 18.1 Å². The van der Waals surface area contributed by atoms with Gasteiger partial charge in [-0.05, 0) is 48.3 Å². The quantitative estimate of drug-likeness (QED) is 0.183. The smallest absolute Gasteiger partial charge is 0.326 e. The lowest BCUT2D eigenvalue weighted by atomic mass is 9.97. The van der Waals surface area contributed by atoms with Gasteiger partial charge in [0, 0.05) is 23.5 Å². The first-order valence-corrected chi connectivity index (χ1v) is 14.8. The summed E-state index contributed by atoms with van der Waals surface area (Å²) in [6.07, 6.45) is 5.07. The van der Waals surface area contributed by atoms with Crippen LogP contribution < -0.4 is 21.7 Å². The van der Waals surface area contributed by atoms with Gasteiger partial charge in [-0.15, -0.1) is 0 Å². The number of thioether (sulfide) groups is 1. The Labute approximate surface area is 234 Å². The molecule has 0 bridgehead atoms. The van der Waals surface area contributed by atoms with Crippen molar-refractivity contribution in [3.05, 3.63) is 36.0 Å². The van der Waals surface area contributed by atoms with Crippen molar-refractivity contribution in [1.82, 2.24) is 20.9 Å². The normalized spacial score (nSPS) is 15.3. The lowest BCUT2D eigenvalue weighted by Crippen LogP contribution is -2.58. The first-order chi connectivity index (χ1) is 18.5. The number of fused-ring (bicyclic) bond motifs is 1. The predicted octanol–water partition coefficient (Wildman–Crippen LogP) is 2.42. The molecule has 0 saturated heterocycles. The summed E-state index contributed by atoms with van der Waals surface area (Å²) in [5.74, 6) is -2.13. The number of amides is 3. The molecule has 0 saturated carbocycles. The number of nitrogens with two attached hydrogens (primary N) is 1. The number of benzene rings is 1. The molecule has 11 heteroatoms. The Balaban J connectivity index is 2.32. The molecule has 0 aliphatic heterocycles. The summed E-state index contributed by atoms with van der Waals surface area (Å²) in [6, 6.07) is 3.76. The zero-order chi connectivity index (χ0) is 29.1. The fourth-order valence-corrected chi connectivity index (χ4v) is 4.72. The molecule has 2 rings (SSSR count). The summed E-state index contributed by atoms with van der Waals surface area (Å²) >= 11 is 1.48. The number of aromatic nitrogens is 1. The highest BCUT2D eigenvalue weighted by atomic mass is 32.2. The van der Waals surface area contributed by atoms with Gasteiger partial charge in [0.25, 0.3) is 0 Å². The molecule has 1 aromatic heterocycles. The van der Waals surface area contributed by atoms with Gasteiger partial charge in [0.2, 0.25) is 17.7 Å². The van der Waals surface area contributed by atoms with Gasteiger partial charge in [0.15, 0.2) is 0 Å². The highest BCUT2D eigenvalue weighted by Crippen LogP contribution is 2.20. The van der Waals surface area contributed by atoms with Crippen molar-refractivity contribution in [3.63, 3.8) is 0 Å². The second-order valence-corrected chi connectivity index (χ2v) is 11.4. The maximum atomic E-state index is 13.5. The molecule has 0 spiro atoms. The van der Waals surface area contributed by atoms with E-state index in [1.807, 2.05) is 58.2 Å². The van der Waals surface area contributed by atoms with Crippen LogP contribution in [0.3, 0.4) is 0 Å². The van der Waals surface area contributed by atoms with Gasteiger partial charge in [0.05, 0.1) is 6.04 Å². The fraction of sp³-hybridized carbons (Fsp3) is 0.571. The van der Waals surface area contributed by atoms with Crippen LogP contribution in [-0.4, -0.2) is 70.0 Å². The van der Waals surface area contributed by atoms with Crippen LogP contribution in [0.2, 0.25) is 0 Å². The van der Waals surface area contributed by atoms with E-state index in [1.54, 1.807) is 6.20 Å². The van der Waals surface area contributed by atoms with Gasteiger partial charge in [-0.2, -0.15) is 11.8 Å². The molecule has 39 heavy (non-hydrogen) atoms. The first kappa shape index (κ1) is 32.2. The molecule has 216 valence electrons. The Bertz CT molecular complexity index is 1120. The number of carboxylic acids is 1. The summed E-state index contributed by atoms with van der Waals surface area (Å²) in [7, 11) is 0. The van der Waals surface area contributed by atoms with Crippen LogP contribution in [0, 0.1) is 11.8 Å². The zero-order valence-electron chi connectivity index (χ0n) is 23.5. The molecule has 5 atom stereocenters. The molecule has 2 aromatic rings.